The number of benzene rings is 1. The monoisotopic (exact) mass is 279 g/mol. The molecule has 1 saturated carbocycles. The quantitative estimate of drug-likeness (QED) is 0.830. The van der Waals surface area contributed by atoms with Crippen molar-refractivity contribution in [3.63, 3.8) is 0 Å². The van der Waals surface area contributed by atoms with Gasteiger partial charge in [0.15, 0.2) is 0 Å². The molecule has 1 aliphatic rings. The van der Waals surface area contributed by atoms with Gasteiger partial charge in [0.2, 0.25) is 0 Å². The Labute approximate surface area is 126 Å². The van der Waals surface area contributed by atoms with Crippen LogP contribution in [0.3, 0.4) is 0 Å². The number of nitrogens with zero attached hydrogens (tertiary/aromatic N) is 3. The van der Waals surface area contributed by atoms with E-state index in [9.17, 15) is 5.26 Å². The van der Waals surface area contributed by atoms with E-state index in [1.165, 1.54) is 25.7 Å². The summed E-state index contributed by atoms with van der Waals surface area (Å²) >= 11 is 0. The van der Waals surface area contributed by atoms with Crippen LogP contribution in [0.25, 0.3) is 10.9 Å². The molecule has 0 saturated heterocycles. The molecule has 0 amide bonds. The minimum absolute atomic E-state index is 0.543. The summed E-state index contributed by atoms with van der Waals surface area (Å²) in [5, 5.41) is 10.3. The fourth-order valence-corrected chi connectivity index (χ4v) is 3.25. The lowest BCUT2D eigenvalue weighted by Gasteiger charge is -2.34. The number of anilines is 1. The molecule has 1 aliphatic carbocycles. The molecule has 0 N–H and O–H groups in total. The number of rotatable bonds is 2. The van der Waals surface area contributed by atoms with Crippen molar-refractivity contribution in [3.8, 4) is 6.07 Å². The van der Waals surface area contributed by atoms with Gasteiger partial charge in [-0.3, -0.25) is 0 Å². The summed E-state index contributed by atoms with van der Waals surface area (Å²) in [5.41, 5.74) is 1.62. The molecule has 1 aromatic carbocycles. The number of para-hydroxylation sites is 1. The van der Waals surface area contributed by atoms with Crippen molar-refractivity contribution in [3.05, 3.63) is 35.9 Å². The van der Waals surface area contributed by atoms with E-state index < -0.39 is 0 Å². The SMILES string of the molecule is CC1CCC(N(C)c2cc(C#N)c3ccccc3n2)CC1. The molecule has 1 heterocycles. The van der Waals surface area contributed by atoms with Crippen LogP contribution in [0.5, 0.6) is 0 Å². The van der Waals surface area contributed by atoms with E-state index in [4.69, 9.17) is 4.98 Å². The van der Waals surface area contributed by atoms with Crippen molar-refractivity contribution in [1.82, 2.24) is 4.98 Å². The summed E-state index contributed by atoms with van der Waals surface area (Å²) in [4.78, 5) is 7.02. The molecule has 108 valence electrons. The largest absolute Gasteiger partial charge is 0.357 e. The first-order chi connectivity index (χ1) is 10.2. The zero-order valence-corrected chi connectivity index (χ0v) is 12.7. The zero-order valence-electron chi connectivity index (χ0n) is 12.7. The number of nitriles is 1. The third-order valence-electron chi connectivity index (χ3n) is 4.72. The third-order valence-corrected chi connectivity index (χ3v) is 4.72. The van der Waals surface area contributed by atoms with Crippen LogP contribution in [0.1, 0.15) is 38.2 Å². The van der Waals surface area contributed by atoms with Crippen LogP contribution in [0, 0.1) is 17.2 Å². The molecule has 3 heteroatoms. The fourth-order valence-electron chi connectivity index (χ4n) is 3.25. The lowest BCUT2D eigenvalue weighted by molar-refractivity contribution is 0.340. The van der Waals surface area contributed by atoms with Crippen LogP contribution >= 0.6 is 0 Å². The second kappa shape index (κ2) is 5.73. The highest BCUT2D eigenvalue weighted by molar-refractivity contribution is 5.86. The topological polar surface area (TPSA) is 39.9 Å². The van der Waals surface area contributed by atoms with Crippen LogP contribution in [0.15, 0.2) is 30.3 Å². The summed E-state index contributed by atoms with van der Waals surface area (Å²) in [6, 6.07) is 12.7. The van der Waals surface area contributed by atoms with E-state index >= 15 is 0 Å². The average Bonchev–Trinajstić information content (AvgIpc) is 2.53. The first-order valence-electron chi connectivity index (χ1n) is 7.71. The molecular formula is C18H21N3. The Morgan fingerprint density at radius 1 is 1.19 bits per heavy atom. The zero-order chi connectivity index (χ0) is 14.8. The van der Waals surface area contributed by atoms with Crippen LogP contribution < -0.4 is 4.90 Å². The number of hydrogen-bond donors (Lipinski definition) is 0. The molecule has 3 nitrogen and oxygen atoms in total. The number of pyridine rings is 1. The molecule has 0 aliphatic heterocycles. The maximum Gasteiger partial charge on any atom is 0.130 e. The molecule has 1 fully saturated rings. The number of aromatic nitrogens is 1. The van der Waals surface area contributed by atoms with Gasteiger partial charge >= 0.3 is 0 Å². The van der Waals surface area contributed by atoms with Gasteiger partial charge in [-0.1, -0.05) is 25.1 Å². The normalized spacial score (nSPS) is 22.0. The Hall–Kier alpha value is -2.08. The molecular weight excluding hydrogens is 258 g/mol. The van der Waals surface area contributed by atoms with Gasteiger partial charge in [0.1, 0.15) is 5.82 Å². The van der Waals surface area contributed by atoms with Gasteiger partial charge < -0.3 is 4.90 Å². The molecule has 2 aromatic rings. The molecule has 0 radical (unpaired) electrons. The van der Waals surface area contributed by atoms with Gasteiger partial charge in [-0.25, -0.2) is 4.98 Å². The molecule has 3 rings (SSSR count). The first kappa shape index (κ1) is 13.9. The van der Waals surface area contributed by atoms with E-state index in [0.29, 0.717) is 11.6 Å². The predicted octanol–water partition coefficient (Wildman–Crippen LogP) is 4.12. The summed E-state index contributed by atoms with van der Waals surface area (Å²) in [6.07, 6.45) is 5.00. The van der Waals surface area contributed by atoms with Gasteiger partial charge in [0.25, 0.3) is 0 Å². The van der Waals surface area contributed by atoms with E-state index in [1.807, 2.05) is 30.3 Å². The highest BCUT2D eigenvalue weighted by Gasteiger charge is 2.23. The van der Waals surface area contributed by atoms with Crippen LogP contribution in [-0.2, 0) is 0 Å². The van der Waals surface area contributed by atoms with E-state index in [0.717, 1.165) is 22.6 Å². The molecule has 1 aromatic heterocycles. The predicted molar refractivity (Wildman–Crippen MR) is 86.3 cm³/mol. The molecule has 0 spiro atoms. The highest BCUT2D eigenvalue weighted by Crippen LogP contribution is 2.30. The van der Waals surface area contributed by atoms with Crippen molar-refractivity contribution >= 4 is 16.7 Å². The minimum Gasteiger partial charge on any atom is -0.357 e. The average molecular weight is 279 g/mol. The molecule has 21 heavy (non-hydrogen) atoms. The molecule has 0 atom stereocenters. The van der Waals surface area contributed by atoms with E-state index in [1.54, 1.807) is 0 Å². The van der Waals surface area contributed by atoms with Gasteiger partial charge in [-0.2, -0.15) is 5.26 Å². The smallest absolute Gasteiger partial charge is 0.130 e. The Morgan fingerprint density at radius 2 is 1.90 bits per heavy atom. The van der Waals surface area contributed by atoms with Gasteiger partial charge in [-0.05, 0) is 43.7 Å². The fraction of sp³-hybridized carbons (Fsp3) is 0.444. The highest BCUT2D eigenvalue weighted by atomic mass is 15.2. The second-order valence-corrected chi connectivity index (χ2v) is 6.18. The minimum atomic E-state index is 0.543. The third kappa shape index (κ3) is 2.71. The van der Waals surface area contributed by atoms with Crippen molar-refractivity contribution < 1.29 is 0 Å². The van der Waals surface area contributed by atoms with Crippen molar-refractivity contribution in [2.75, 3.05) is 11.9 Å². The lowest BCUT2D eigenvalue weighted by atomic mass is 9.87. The maximum absolute atomic E-state index is 9.39. The van der Waals surface area contributed by atoms with Crippen molar-refractivity contribution in [2.24, 2.45) is 5.92 Å². The Kier molecular flexibility index (Phi) is 3.79. The first-order valence-corrected chi connectivity index (χ1v) is 7.71. The molecule has 0 bridgehead atoms. The Morgan fingerprint density at radius 3 is 2.62 bits per heavy atom. The van der Waals surface area contributed by atoms with E-state index in [-0.39, 0.29) is 0 Å². The Balaban J connectivity index is 1.95. The lowest BCUT2D eigenvalue weighted by Crippen LogP contribution is -2.35. The summed E-state index contributed by atoms with van der Waals surface area (Å²) in [7, 11) is 2.11. The van der Waals surface area contributed by atoms with Crippen LogP contribution in [-0.4, -0.2) is 18.1 Å². The number of hydrogen-bond acceptors (Lipinski definition) is 3. The number of fused-ring (bicyclic) bond motifs is 1. The Bertz CT molecular complexity index is 678. The van der Waals surface area contributed by atoms with Crippen LogP contribution in [0.4, 0.5) is 5.82 Å². The molecule has 0 unspecified atom stereocenters. The van der Waals surface area contributed by atoms with Crippen LogP contribution in [0.2, 0.25) is 0 Å². The maximum atomic E-state index is 9.39. The standard InChI is InChI=1S/C18H21N3/c1-13-7-9-15(10-8-13)21(2)18-11-14(12-19)16-5-3-4-6-17(16)20-18/h3-6,11,13,15H,7-10H2,1-2H3. The summed E-state index contributed by atoms with van der Waals surface area (Å²) in [6.45, 7) is 2.33. The second-order valence-electron chi connectivity index (χ2n) is 6.18. The van der Waals surface area contributed by atoms with E-state index in [2.05, 4.69) is 24.9 Å². The van der Waals surface area contributed by atoms with Gasteiger partial charge in [0.05, 0.1) is 17.1 Å². The van der Waals surface area contributed by atoms with Gasteiger partial charge in [-0.15, -0.1) is 0 Å². The van der Waals surface area contributed by atoms with Gasteiger partial charge in [0, 0.05) is 18.5 Å². The van der Waals surface area contributed by atoms with Crippen molar-refractivity contribution in [2.45, 2.75) is 38.6 Å². The summed E-state index contributed by atoms with van der Waals surface area (Å²) in [5.74, 6) is 1.76. The van der Waals surface area contributed by atoms with Crippen molar-refractivity contribution in [1.29, 1.82) is 5.26 Å². The summed E-state index contributed by atoms with van der Waals surface area (Å²) < 4.78 is 0.